The van der Waals surface area contributed by atoms with Crippen molar-refractivity contribution >= 4 is 5.91 Å². The Morgan fingerprint density at radius 3 is 3.07 bits per heavy atom. The van der Waals surface area contributed by atoms with Gasteiger partial charge >= 0.3 is 0 Å². The van der Waals surface area contributed by atoms with Gasteiger partial charge in [0.15, 0.2) is 0 Å². The Morgan fingerprint density at radius 2 is 2.50 bits per heavy atom. The molecule has 14 heavy (non-hydrogen) atoms. The van der Waals surface area contributed by atoms with E-state index in [1.807, 2.05) is 6.92 Å². The molecule has 0 spiro atoms. The van der Waals surface area contributed by atoms with Crippen molar-refractivity contribution in [3.8, 4) is 12.3 Å². The molecule has 1 rings (SSSR count). The Morgan fingerprint density at radius 1 is 1.71 bits per heavy atom. The predicted molar refractivity (Wildman–Crippen MR) is 52.4 cm³/mol. The van der Waals surface area contributed by atoms with E-state index in [1.54, 1.807) is 0 Å². The minimum Gasteiger partial charge on any atom is -0.347 e. The van der Waals surface area contributed by atoms with E-state index in [9.17, 15) is 4.79 Å². The molecule has 0 bridgehead atoms. The topological polar surface area (TPSA) is 54.9 Å². The SMILES string of the molecule is C#CCC(C)NC(=O)c1cnccn1. The molecule has 0 aliphatic rings. The van der Waals surface area contributed by atoms with E-state index < -0.39 is 0 Å². The van der Waals surface area contributed by atoms with Crippen LogP contribution in [0.1, 0.15) is 23.8 Å². The highest BCUT2D eigenvalue weighted by atomic mass is 16.1. The molecule has 0 radical (unpaired) electrons. The summed E-state index contributed by atoms with van der Waals surface area (Å²) in [5.74, 6) is 2.22. The van der Waals surface area contributed by atoms with Crippen LogP contribution in [0.4, 0.5) is 0 Å². The molecule has 0 fully saturated rings. The van der Waals surface area contributed by atoms with Crippen LogP contribution in [0.5, 0.6) is 0 Å². The molecule has 1 atom stereocenters. The molecule has 0 aliphatic heterocycles. The first-order valence-corrected chi connectivity index (χ1v) is 4.24. The van der Waals surface area contributed by atoms with Gasteiger partial charge in [0.1, 0.15) is 5.69 Å². The minimum atomic E-state index is -0.249. The molecule has 1 aromatic rings. The second-order valence-corrected chi connectivity index (χ2v) is 2.87. The summed E-state index contributed by atoms with van der Waals surface area (Å²) in [6, 6.07) is -0.0468. The van der Waals surface area contributed by atoms with Crippen molar-refractivity contribution in [3.63, 3.8) is 0 Å². The minimum absolute atomic E-state index is 0.0468. The number of aromatic nitrogens is 2. The molecular weight excluding hydrogens is 178 g/mol. The molecule has 1 heterocycles. The second-order valence-electron chi connectivity index (χ2n) is 2.87. The van der Waals surface area contributed by atoms with Crippen LogP contribution in [0.3, 0.4) is 0 Å². The monoisotopic (exact) mass is 189 g/mol. The summed E-state index contributed by atoms with van der Waals surface area (Å²) in [7, 11) is 0. The van der Waals surface area contributed by atoms with Crippen LogP contribution in [0.2, 0.25) is 0 Å². The molecule has 0 aromatic carbocycles. The fourth-order valence-corrected chi connectivity index (χ4v) is 0.942. The highest BCUT2D eigenvalue weighted by Crippen LogP contribution is 1.93. The maximum atomic E-state index is 11.4. The molecule has 4 heteroatoms. The van der Waals surface area contributed by atoms with E-state index in [0.717, 1.165) is 0 Å². The lowest BCUT2D eigenvalue weighted by Crippen LogP contribution is -2.32. The smallest absolute Gasteiger partial charge is 0.271 e. The zero-order valence-electron chi connectivity index (χ0n) is 7.90. The highest BCUT2D eigenvalue weighted by Gasteiger charge is 2.09. The van der Waals surface area contributed by atoms with Crippen LogP contribution in [-0.4, -0.2) is 21.9 Å². The number of rotatable bonds is 3. The molecule has 72 valence electrons. The molecule has 0 saturated carbocycles. The van der Waals surface area contributed by atoms with Gasteiger partial charge in [-0.25, -0.2) is 4.98 Å². The third-order valence-electron chi connectivity index (χ3n) is 1.60. The average Bonchev–Trinajstić information content (AvgIpc) is 2.19. The van der Waals surface area contributed by atoms with E-state index in [2.05, 4.69) is 21.2 Å². The van der Waals surface area contributed by atoms with Crippen molar-refractivity contribution in [3.05, 3.63) is 24.3 Å². The van der Waals surface area contributed by atoms with Crippen molar-refractivity contribution in [1.82, 2.24) is 15.3 Å². The van der Waals surface area contributed by atoms with E-state index >= 15 is 0 Å². The molecule has 0 aliphatic carbocycles. The van der Waals surface area contributed by atoms with Crippen LogP contribution >= 0.6 is 0 Å². The quantitative estimate of drug-likeness (QED) is 0.709. The molecular formula is C10H11N3O. The predicted octanol–water partition coefficient (Wildman–Crippen LogP) is 0.618. The van der Waals surface area contributed by atoms with Gasteiger partial charge in [0.2, 0.25) is 0 Å². The highest BCUT2D eigenvalue weighted by molar-refractivity contribution is 5.92. The van der Waals surface area contributed by atoms with E-state index in [4.69, 9.17) is 6.42 Å². The summed E-state index contributed by atoms with van der Waals surface area (Å²) in [5, 5.41) is 2.71. The van der Waals surface area contributed by atoms with Gasteiger partial charge in [-0.05, 0) is 6.92 Å². The molecule has 1 aromatic heterocycles. The Bertz CT molecular complexity index is 342. The van der Waals surface area contributed by atoms with E-state index in [-0.39, 0.29) is 11.9 Å². The second kappa shape index (κ2) is 4.97. The molecule has 1 unspecified atom stereocenters. The van der Waals surface area contributed by atoms with Crippen molar-refractivity contribution in [2.45, 2.75) is 19.4 Å². The maximum absolute atomic E-state index is 11.4. The van der Waals surface area contributed by atoms with Gasteiger partial charge in [0.05, 0.1) is 6.20 Å². The van der Waals surface area contributed by atoms with E-state index in [0.29, 0.717) is 12.1 Å². The number of carbonyl (C=O) groups is 1. The third kappa shape index (κ3) is 2.87. The zero-order chi connectivity index (χ0) is 10.4. The van der Waals surface area contributed by atoms with Gasteiger partial charge in [0, 0.05) is 24.9 Å². The number of hydrogen-bond donors (Lipinski definition) is 1. The fraction of sp³-hybridized carbons (Fsp3) is 0.300. The van der Waals surface area contributed by atoms with Crippen molar-refractivity contribution in [1.29, 1.82) is 0 Å². The van der Waals surface area contributed by atoms with Crippen molar-refractivity contribution < 1.29 is 4.79 Å². The summed E-state index contributed by atoms with van der Waals surface area (Å²) in [6.07, 6.45) is 10.0. The van der Waals surface area contributed by atoms with Crippen LogP contribution in [-0.2, 0) is 0 Å². The first kappa shape index (κ1) is 10.2. The summed E-state index contributed by atoms with van der Waals surface area (Å²) in [4.78, 5) is 19.1. The normalized spacial score (nSPS) is 11.4. The van der Waals surface area contributed by atoms with Gasteiger partial charge in [-0.15, -0.1) is 12.3 Å². The first-order chi connectivity index (χ1) is 6.74. The maximum Gasteiger partial charge on any atom is 0.271 e. The lowest BCUT2D eigenvalue weighted by atomic mass is 10.2. The lowest BCUT2D eigenvalue weighted by Gasteiger charge is -2.09. The van der Waals surface area contributed by atoms with Gasteiger partial charge in [-0.3, -0.25) is 9.78 Å². The van der Waals surface area contributed by atoms with Crippen LogP contribution < -0.4 is 5.32 Å². The number of terminal acetylenes is 1. The Labute approximate surface area is 82.8 Å². The lowest BCUT2D eigenvalue weighted by molar-refractivity contribution is 0.0935. The van der Waals surface area contributed by atoms with Crippen LogP contribution in [0.15, 0.2) is 18.6 Å². The van der Waals surface area contributed by atoms with Gasteiger partial charge in [0.25, 0.3) is 5.91 Å². The van der Waals surface area contributed by atoms with Crippen molar-refractivity contribution in [2.75, 3.05) is 0 Å². The summed E-state index contributed by atoms with van der Waals surface area (Å²) < 4.78 is 0. The first-order valence-electron chi connectivity index (χ1n) is 4.24. The Hall–Kier alpha value is -1.89. The summed E-state index contributed by atoms with van der Waals surface area (Å²) >= 11 is 0. The number of carbonyl (C=O) groups excluding carboxylic acids is 1. The molecule has 1 amide bonds. The Kier molecular flexibility index (Phi) is 3.62. The van der Waals surface area contributed by atoms with E-state index in [1.165, 1.54) is 18.6 Å². The summed E-state index contributed by atoms with van der Waals surface area (Å²) in [6.45, 7) is 1.84. The van der Waals surface area contributed by atoms with Gasteiger partial charge in [-0.2, -0.15) is 0 Å². The summed E-state index contributed by atoms with van der Waals surface area (Å²) in [5.41, 5.74) is 0.302. The number of hydrogen-bond acceptors (Lipinski definition) is 3. The van der Waals surface area contributed by atoms with Crippen LogP contribution in [0.25, 0.3) is 0 Å². The fourth-order valence-electron chi connectivity index (χ4n) is 0.942. The molecule has 4 nitrogen and oxygen atoms in total. The van der Waals surface area contributed by atoms with Gasteiger partial charge in [-0.1, -0.05) is 0 Å². The molecule has 1 N–H and O–H groups in total. The number of nitrogens with one attached hydrogen (secondary N) is 1. The zero-order valence-corrected chi connectivity index (χ0v) is 7.90. The largest absolute Gasteiger partial charge is 0.347 e. The van der Waals surface area contributed by atoms with Crippen LogP contribution in [0, 0.1) is 12.3 Å². The third-order valence-corrected chi connectivity index (χ3v) is 1.60. The molecule has 0 saturated heterocycles. The Balaban J connectivity index is 2.56. The number of nitrogens with zero attached hydrogens (tertiary/aromatic N) is 2. The average molecular weight is 189 g/mol. The van der Waals surface area contributed by atoms with Crippen molar-refractivity contribution in [2.24, 2.45) is 0 Å². The van der Waals surface area contributed by atoms with Gasteiger partial charge < -0.3 is 5.32 Å². The number of amides is 1. The standard InChI is InChI=1S/C10H11N3O/c1-3-4-8(2)13-10(14)9-7-11-5-6-12-9/h1,5-8H,4H2,2H3,(H,13,14).